The molecule has 0 spiro atoms. The van der Waals surface area contributed by atoms with E-state index in [4.69, 9.17) is 4.74 Å². The van der Waals surface area contributed by atoms with Gasteiger partial charge in [0, 0.05) is 12.7 Å². The molecular weight excluding hydrogens is 358 g/mol. The summed E-state index contributed by atoms with van der Waals surface area (Å²) in [6.07, 6.45) is 2.80. The Hall–Kier alpha value is -2.83. The standard InChI is InChI=1S/C21H29N3O4/c1-5-22-24(18(25)14-16-10-7-6-8-11-16)15-19(26)23-13-9-12-17(23)20(27)28-21(2,3)4/h5-8,10-11,17,22H,1,9,12-15H2,2-4H3/t17-/m0/s1. The highest BCUT2D eigenvalue weighted by Crippen LogP contribution is 2.21. The fourth-order valence-corrected chi connectivity index (χ4v) is 3.09. The zero-order valence-electron chi connectivity index (χ0n) is 16.8. The number of hydrazine groups is 1. The molecule has 7 nitrogen and oxygen atoms in total. The molecule has 0 bridgehead atoms. The number of hydrogen-bond donors (Lipinski definition) is 1. The molecule has 152 valence electrons. The minimum atomic E-state index is -0.615. The van der Waals surface area contributed by atoms with Crippen molar-refractivity contribution in [3.8, 4) is 0 Å². The lowest BCUT2D eigenvalue weighted by molar-refractivity contribution is -0.163. The van der Waals surface area contributed by atoms with Gasteiger partial charge in [0.2, 0.25) is 11.8 Å². The Morgan fingerprint density at radius 1 is 1.29 bits per heavy atom. The Balaban J connectivity index is 2.03. The topological polar surface area (TPSA) is 79.0 Å². The van der Waals surface area contributed by atoms with Crippen LogP contribution in [0.1, 0.15) is 39.2 Å². The summed E-state index contributed by atoms with van der Waals surface area (Å²) >= 11 is 0. The molecule has 1 saturated heterocycles. The summed E-state index contributed by atoms with van der Waals surface area (Å²) in [6.45, 7) is 9.25. The predicted molar refractivity (Wildman–Crippen MR) is 106 cm³/mol. The molecule has 0 aliphatic carbocycles. The third kappa shape index (κ3) is 6.11. The van der Waals surface area contributed by atoms with E-state index in [0.717, 1.165) is 12.0 Å². The second-order valence-corrected chi connectivity index (χ2v) is 7.75. The third-order valence-corrected chi connectivity index (χ3v) is 4.29. The summed E-state index contributed by atoms with van der Waals surface area (Å²) in [5, 5.41) is 1.23. The van der Waals surface area contributed by atoms with Crippen molar-refractivity contribution < 1.29 is 19.1 Å². The predicted octanol–water partition coefficient (Wildman–Crippen LogP) is 2.04. The smallest absolute Gasteiger partial charge is 0.329 e. The number of nitrogens with zero attached hydrogens (tertiary/aromatic N) is 2. The molecule has 0 saturated carbocycles. The van der Waals surface area contributed by atoms with Crippen LogP contribution in [-0.4, -0.2) is 52.4 Å². The van der Waals surface area contributed by atoms with E-state index in [1.54, 1.807) is 20.8 Å². The van der Waals surface area contributed by atoms with Crippen LogP contribution >= 0.6 is 0 Å². The van der Waals surface area contributed by atoms with Crippen molar-refractivity contribution in [1.29, 1.82) is 0 Å². The van der Waals surface area contributed by atoms with Crippen molar-refractivity contribution in [2.24, 2.45) is 0 Å². The molecule has 2 rings (SSSR count). The molecule has 1 heterocycles. The van der Waals surface area contributed by atoms with Gasteiger partial charge >= 0.3 is 5.97 Å². The van der Waals surface area contributed by atoms with Gasteiger partial charge in [-0.3, -0.25) is 9.59 Å². The molecule has 1 atom stereocenters. The molecule has 0 unspecified atom stereocenters. The third-order valence-electron chi connectivity index (χ3n) is 4.29. The number of rotatable bonds is 7. The Morgan fingerprint density at radius 2 is 1.96 bits per heavy atom. The summed E-state index contributed by atoms with van der Waals surface area (Å²) in [6, 6.07) is 8.68. The van der Waals surface area contributed by atoms with E-state index in [-0.39, 0.29) is 24.8 Å². The zero-order chi connectivity index (χ0) is 20.7. The van der Waals surface area contributed by atoms with Gasteiger partial charge in [-0.25, -0.2) is 9.80 Å². The maximum absolute atomic E-state index is 12.8. The number of ether oxygens (including phenoxy) is 1. The van der Waals surface area contributed by atoms with Crippen LogP contribution in [0.2, 0.25) is 0 Å². The SMILES string of the molecule is C=CNN(CC(=O)N1CCC[C@H]1C(=O)OC(C)(C)C)C(=O)Cc1ccccc1. The van der Waals surface area contributed by atoms with Crippen LogP contribution < -0.4 is 5.43 Å². The molecule has 0 radical (unpaired) electrons. The minimum Gasteiger partial charge on any atom is -0.458 e. The summed E-state index contributed by atoms with van der Waals surface area (Å²) < 4.78 is 5.44. The molecule has 1 aliphatic rings. The van der Waals surface area contributed by atoms with Crippen molar-refractivity contribution in [1.82, 2.24) is 15.3 Å². The maximum atomic E-state index is 12.8. The van der Waals surface area contributed by atoms with Gasteiger partial charge in [-0.15, -0.1) is 0 Å². The zero-order valence-corrected chi connectivity index (χ0v) is 16.8. The fourth-order valence-electron chi connectivity index (χ4n) is 3.09. The lowest BCUT2D eigenvalue weighted by Gasteiger charge is -2.29. The van der Waals surface area contributed by atoms with Gasteiger partial charge < -0.3 is 15.1 Å². The van der Waals surface area contributed by atoms with Crippen LogP contribution in [0.4, 0.5) is 0 Å². The molecule has 1 fully saturated rings. The van der Waals surface area contributed by atoms with Crippen LogP contribution in [-0.2, 0) is 25.5 Å². The van der Waals surface area contributed by atoms with E-state index >= 15 is 0 Å². The van der Waals surface area contributed by atoms with Crippen molar-refractivity contribution in [3.63, 3.8) is 0 Å². The summed E-state index contributed by atoms with van der Waals surface area (Å²) in [5.41, 5.74) is 2.96. The first-order valence-electron chi connectivity index (χ1n) is 9.45. The Morgan fingerprint density at radius 3 is 2.57 bits per heavy atom. The molecule has 1 N–H and O–H groups in total. The first-order chi connectivity index (χ1) is 13.2. The van der Waals surface area contributed by atoms with Crippen molar-refractivity contribution in [3.05, 3.63) is 48.7 Å². The number of benzene rings is 1. The van der Waals surface area contributed by atoms with Crippen LogP contribution in [0.25, 0.3) is 0 Å². The first kappa shape index (κ1) is 21.5. The lowest BCUT2D eigenvalue weighted by Crippen LogP contribution is -2.51. The number of esters is 1. The average Bonchev–Trinajstić information content (AvgIpc) is 3.11. The highest BCUT2D eigenvalue weighted by atomic mass is 16.6. The number of amides is 2. The largest absolute Gasteiger partial charge is 0.458 e. The van der Waals surface area contributed by atoms with Crippen LogP contribution in [0.15, 0.2) is 43.1 Å². The second-order valence-electron chi connectivity index (χ2n) is 7.75. The highest BCUT2D eigenvalue weighted by molar-refractivity contribution is 5.89. The van der Waals surface area contributed by atoms with E-state index in [0.29, 0.717) is 13.0 Å². The average molecular weight is 387 g/mol. The van der Waals surface area contributed by atoms with Crippen molar-refractivity contribution in [2.75, 3.05) is 13.1 Å². The van der Waals surface area contributed by atoms with Gasteiger partial charge in [0.25, 0.3) is 0 Å². The summed E-state index contributed by atoms with van der Waals surface area (Å²) in [4.78, 5) is 39.4. The number of nitrogens with one attached hydrogen (secondary N) is 1. The van der Waals surface area contributed by atoms with E-state index < -0.39 is 17.6 Å². The van der Waals surface area contributed by atoms with E-state index in [1.165, 1.54) is 16.1 Å². The highest BCUT2D eigenvalue weighted by Gasteiger charge is 2.37. The van der Waals surface area contributed by atoms with E-state index in [2.05, 4.69) is 12.0 Å². The van der Waals surface area contributed by atoms with Crippen LogP contribution in [0.5, 0.6) is 0 Å². The van der Waals surface area contributed by atoms with Gasteiger partial charge in [-0.05, 0) is 39.2 Å². The monoisotopic (exact) mass is 387 g/mol. The number of hydrogen-bond acceptors (Lipinski definition) is 5. The number of likely N-dealkylation sites (tertiary alicyclic amines) is 1. The molecule has 1 aromatic rings. The molecular formula is C21H29N3O4. The molecule has 2 amide bonds. The van der Waals surface area contributed by atoms with Crippen molar-refractivity contribution in [2.45, 2.75) is 51.7 Å². The normalized spacial score (nSPS) is 16.4. The minimum absolute atomic E-state index is 0.157. The number of carbonyl (C=O) groups is 3. The van der Waals surface area contributed by atoms with Gasteiger partial charge in [0.1, 0.15) is 18.2 Å². The summed E-state index contributed by atoms with van der Waals surface area (Å²) in [7, 11) is 0. The molecule has 28 heavy (non-hydrogen) atoms. The van der Waals surface area contributed by atoms with Gasteiger partial charge in [0.15, 0.2) is 0 Å². The summed E-state index contributed by atoms with van der Waals surface area (Å²) in [5.74, 6) is -0.964. The molecule has 1 aromatic carbocycles. The Kier molecular flexibility index (Phi) is 7.20. The first-order valence-corrected chi connectivity index (χ1v) is 9.45. The van der Waals surface area contributed by atoms with Crippen LogP contribution in [0.3, 0.4) is 0 Å². The molecule has 1 aliphatic heterocycles. The molecule has 7 heteroatoms. The van der Waals surface area contributed by atoms with E-state index in [9.17, 15) is 14.4 Å². The quantitative estimate of drug-likeness (QED) is 0.572. The van der Waals surface area contributed by atoms with Gasteiger partial charge in [0.05, 0.1) is 6.42 Å². The van der Waals surface area contributed by atoms with Gasteiger partial charge in [-0.2, -0.15) is 0 Å². The van der Waals surface area contributed by atoms with Crippen LogP contribution in [0, 0.1) is 0 Å². The van der Waals surface area contributed by atoms with Crippen molar-refractivity contribution >= 4 is 17.8 Å². The van der Waals surface area contributed by atoms with E-state index in [1.807, 2.05) is 30.3 Å². The Bertz CT molecular complexity index is 712. The van der Waals surface area contributed by atoms with Gasteiger partial charge in [-0.1, -0.05) is 36.9 Å². The number of carbonyl (C=O) groups excluding carboxylic acids is 3. The fraction of sp³-hybridized carbons (Fsp3) is 0.476. The lowest BCUT2D eigenvalue weighted by atomic mass is 10.1. The molecule has 0 aromatic heterocycles. The Labute approximate surface area is 166 Å². The maximum Gasteiger partial charge on any atom is 0.329 e. The second kappa shape index (κ2) is 9.39.